The minimum absolute atomic E-state index is 0.101. The van der Waals surface area contributed by atoms with Gasteiger partial charge in [-0.25, -0.2) is 0 Å². The van der Waals surface area contributed by atoms with Crippen molar-refractivity contribution in [2.24, 2.45) is 0 Å². The van der Waals surface area contributed by atoms with Gasteiger partial charge >= 0.3 is 0 Å². The molecule has 0 bridgehead atoms. The van der Waals surface area contributed by atoms with Crippen molar-refractivity contribution >= 4 is 0 Å². The molecule has 0 aromatic rings. The van der Waals surface area contributed by atoms with Gasteiger partial charge in [0.2, 0.25) is 0 Å². The molecule has 0 saturated carbocycles. The largest absolute Gasteiger partial charge is 0.394 e. The summed E-state index contributed by atoms with van der Waals surface area (Å²) in [5.74, 6) is 0. The van der Waals surface area contributed by atoms with Gasteiger partial charge in [0.25, 0.3) is 0 Å². The van der Waals surface area contributed by atoms with Crippen LogP contribution in [0.4, 0.5) is 0 Å². The SMILES string of the molecule is C[C@@H]1O[C@@H](O[C@@H]2[C@@H](O)[C@@H](O)O[C@H](CO)[C@@H]2O)[C@H](O)[C@H](O)[C@H]1O[C@H]1O[C@H](CO)[C@@H](O)[C@H](O[C@H]2O[C@H](C)[C@H](O)C[C@H]2O)[C@@H]1O. The summed E-state index contributed by atoms with van der Waals surface area (Å²) in [5, 5.41) is 113. The molecule has 4 rings (SSSR count). The molecule has 0 radical (unpaired) electrons. The van der Waals surface area contributed by atoms with E-state index in [2.05, 4.69) is 0 Å². The number of hydrogen-bond acceptors (Lipinski definition) is 18. The van der Waals surface area contributed by atoms with Crippen LogP contribution in [0.1, 0.15) is 20.3 Å². The Morgan fingerprint density at radius 1 is 0.500 bits per heavy atom. The number of aliphatic hydroxyl groups excluding tert-OH is 11. The third kappa shape index (κ3) is 6.91. The quantitative estimate of drug-likeness (QED) is 0.120. The van der Waals surface area contributed by atoms with Crippen LogP contribution < -0.4 is 0 Å². The molecule has 0 aromatic heterocycles. The van der Waals surface area contributed by atoms with Crippen LogP contribution in [0, 0.1) is 0 Å². The molecule has 19 atom stereocenters. The fourth-order valence-corrected chi connectivity index (χ4v) is 5.39. The molecule has 11 N–H and O–H groups in total. The van der Waals surface area contributed by atoms with E-state index in [-0.39, 0.29) is 6.42 Å². The molecule has 4 saturated heterocycles. The molecule has 4 fully saturated rings. The fourth-order valence-electron chi connectivity index (χ4n) is 5.39. The Balaban J connectivity index is 1.43. The zero-order valence-corrected chi connectivity index (χ0v) is 22.9. The number of ether oxygens (including phenoxy) is 7. The molecule has 0 aromatic carbocycles. The lowest BCUT2D eigenvalue weighted by atomic mass is 9.96. The van der Waals surface area contributed by atoms with E-state index in [1.54, 1.807) is 0 Å². The Morgan fingerprint density at radius 3 is 1.62 bits per heavy atom. The van der Waals surface area contributed by atoms with Gasteiger partial charge in [-0.2, -0.15) is 0 Å². The Bertz CT molecular complexity index is 854. The summed E-state index contributed by atoms with van der Waals surface area (Å²) in [5.41, 5.74) is 0. The Hall–Kier alpha value is -0.720. The molecule has 42 heavy (non-hydrogen) atoms. The highest BCUT2D eigenvalue weighted by molar-refractivity contribution is 4.96. The first-order valence-electron chi connectivity index (χ1n) is 13.7. The summed E-state index contributed by atoms with van der Waals surface area (Å²) in [6.07, 6.45) is -28.5. The second kappa shape index (κ2) is 14.1. The molecule has 246 valence electrons. The van der Waals surface area contributed by atoms with Crippen molar-refractivity contribution in [3.8, 4) is 0 Å². The average molecular weight is 619 g/mol. The summed E-state index contributed by atoms with van der Waals surface area (Å²) in [7, 11) is 0. The van der Waals surface area contributed by atoms with E-state index in [4.69, 9.17) is 33.2 Å². The molecule has 0 aliphatic carbocycles. The maximum absolute atomic E-state index is 11.0. The minimum Gasteiger partial charge on any atom is -0.394 e. The smallest absolute Gasteiger partial charge is 0.187 e. The zero-order chi connectivity index (χ0) is 31.0. The van der Waals surface area contributed by atoms with Crippen LogP contribution in [0.15, 0.2) is 0 Å². The summed E-state index contributed by atoms with van der Waals surface area (Å²) >= 11 is 0. The van der Waals surface area contributed by atoms with Gasteiger partial charge in [-0.1, -0.05) is 0 Å². The van der Waals surface area contributed by atoms with Gasteiger partial charge in [0.15, 0.2) is 25.2 Å². The highest BCUT2D eigenvalue weighted by Crippen LogP contribution is 2.33. The fraction of sp³-hybridized carbons (Fsp3) is 1.00. The van der Waals surface area contributed by atoms with Crippen molar-refractivity contribution in [1.82, 2.24) is 0 Å². The first kappa shape index (κ1) is 34.2. The van der Waals surface area contributed by atoms with Gasteiger partial charge in [-0.05, 0) is 13.8 Å². The van der Waals surface area contributed by atoms with Crippen molar-refractivity contribution in [3.05, 3.63) is 0 Å². The van der Waals surface area contributed by atoms with Crippen LogP contribution in [-0.2, 0) is 33.2 Å². The third-order valence-electron chi connectivity index (χ3n) is 8.00. The maximum atomic E-state index is 11.0. The number of hydrogen-bond donors (Lipinski definition) is 11. The summed E-state index contributed by atoms with van der Waals surface area (Å²) < 4.78 is 38.3. The van der Waals surface area contributed by atoms with E-state index in [9.17, 15) is 56.2 Å². The molecule has 18 nitrogen and oxygen atoms in total. The van der Waals surface area contributed by atoms with Gasteiger partial charge < -0.3 is 89.3 Å². The third-order valence-corrected chi connectivity index (χ3v) is 8.00. The van der Waals surface area contributed by atoms with E-state index in [1.165, 1.54) is 13.8 Å². The van der Waals surface area contributed by atoms with Crippen LogP contribution in [0.2, 0.25) is 0 Å². The van der Waals surface area contributed by atoms with E-state index < -0.39 is 130 Å². The number of aliphatic hydroxyl groups is 11. The van der Waals surface area contributed by atoms with Crippen LogP contribution >= 0.6 is 0 Å². The van der Waals surface area contributed by atoms with Gasteiger partial charge in [-0.3, -0.25) is 0 Å². The molecular formula is C24H42O18. The van der Waals surface area contributed by atoms with Crippen molar-refractivity contribution in [3.63, 3.8) is 0 Å². The Kier molecular flexibility index (Phi) is 11.5. The summed E-state index contributed by atoms with van der Waals surface area (Å²) in [6.45, 7) is 1.47. The monoisotopic (exact) mass is 618 g/mol. The van der Waals surface area contributed by atoms with E-state index in [0.29, 0.717) is 0 Å². The van der Waals surface area contributed by atoms with Crippen molar-refractivity contribution in [2.45, 2.75) is 137 Å². The van der Waals surface area contributed by atoms with Crippen LogP contribution in [-0.4, -0.2) is 186 Å². The molecule has 4 heterocycles. The Morgan fingerprint density at radius 2 is 1.00 bits per heavy atom. The molecule has 0 amide bonds. The molecule has 18 heteroatoms. The molecule has 4 aliphatic rings. The van der Waals surface area contributed by atoms with Crippen LogP contribution in [0.3, 0.4) is 0 Å². The van der Waals surface area contributed by atoms with Crippen molar-refractivity contribution in [2.75, 3.05) is 13.2 Å². The van der Waals surface area contributed by atoms with Gasteiger partial charge in [-0.15, -0.1) is 0 Å². The normalized spacial score (nSPS) is 54.1. The van der Waals surface area contributed by atoms with Crippen LogP contribution in [0.25, 0.3) is 0 Å². The predicted octanol–water partition coefficient (Wildman–Crippen LogP) is -6.66. The van der Waals surface area contributed by atoms with Crippen molar-refractivity contribution < 1.29 is 89.3 Å². The van der Waals surface area contributed by atoms with Gasteiger partial charge in [0.1, 0.15) is 73.2 Å². The summed E-state index contributed by atoms with van der Waals surface area (Å²) in [4.78, 5) is 0. The second-order valence-electron chi connectivity index (χ2n) is 11.0. The van der Waals surface area contributed by atoms with Crippen LogP contribution in [0.5, 0.6) is 0 Å². The maximum Gasteiger partial charge on any atom is 0.187 e. The minimum atomic E-state index is -1.87. The first-order chi connectivity index (χ1) is 19.8. The molecule has 0 unspecified atom stereocenters. The van der Waals surface area contributed by atoms with Gasteiger partial charge in [0, 0.05) is 6.42 Å². The second-order valence-corrected chi connectivity index (χ2v) is 11.0. The predicted molar refractivity (Wildman–Crippen MR) is 130 cm³/mol. The average Bonchev–Trinajstić information content (AvgIpc) is 2.95. The standard InChI is InChI=1S/C24H42O18/c1-6-8(27)3-9(28)22(36-6)41-20-13(30)11(5-26)39-24(17(20)34)40-18-7(2)37-23(15(32)14(18)31)42-19-12(29)10(4-25)38-21(35)16(19)33/h6-35H,3-5H2,1-2H3/t6-,7+,8-,9-,10-,11-,12+,13-,14+,15-,16-,17+,18+,19+,20+,21+,22-,23+,24-/m1/s1. The Labute approximate surface area is 240 Å². The lowest BCUT2D eigenvalue weighted by molar-refractivity contribution is -0.383. The summed E-state index contributed by atoms with van der Waals surface area (Å²) in [6, 6.07) is 0. The van der Waals surface area contributed by atoms with E-state index >= 15 is 0 Å². The topological polar surface area (TPSA) is 287 Å². The molecular weight excluding hydrogens is 576 g/mol. The van der Waals surface area contributed by atoms with E-state index in [1.807, 2.05) is 0 Å². The highest BCUT2D eigenvalue weighted by atomic mass is 16.8. The molecule has 0 spiro atoms. The lowest BCUT2D eigenvalue weighted by Crippen LogP contribution is -2.66. The molecule has 4 aliphatic heterocycles. The highest BCUT2D eigenvalue weighted by Gasteiger charge is 2.53. The van der Waals surface area contributed by atoms with Crippen molar-refractivity contribution in [1.29, 1.82) is 0 Å². The number of rotatable bonds is 8. The first-order valence-corrected chi connectivity index (χ1v) is 13.7. The zero-order valence-electron chi connectivity index (χ0n) is 22.9. The lowest BCUT2D eigenvalue weighted by Gasteiger charge is -2.48. The van der Waals surface area contributed by atoms with E-state index in [0.717, 1.165) is 0 Å². The van der Waals surface area contributed by atoms with Gasteiger partial charge in [0.05, 0.1) is 31.5 Å².